The lowest BCUT2D eigenvalue weighted by Gasteiger charge is -2.08. The van der Waals surface area contributed by atoms with E-state index in [1.165, 1.54) is 16.8 Å². The molecule has 0 saturated heterocycles. The Kier molecular flexibility index (Phi) is 4.98. The highest BCUT2D eigenvalue weighted by Gasteiger charge is 2.12. The third-order valence-corrected chi connectivity index (χ3v) is 4.18. The molecule has 4 rings (SSSR count). The zero-order valence-corrected chi connectivity index (χ0v) is 15.6. The van der Waals surface area contributed by atoms with Gasteiger partial charge in [-0.3, -0.25) is 9.59 Å². The summed E-state index contributed by atoms with van der Waals surface area (Å²) in [6, 6.07) is 19.3. The topological polar surface area (TPSA) is 103 Å². The fraction of sp³-hybridized carbons (Fsp3) is 0.0952. The first-order valence-electron chi connectivity index (χ1n) is 8.93. The molecule has 0 fully saturated rings. The van der Waals surface area contributed by atoms with Gasteiger partial charge >= 0.3 is 0 Å². The minimum atomic E-state index is -0.423. The van der Waals surface area contributed by atoms with Crippen LogP contribution >= 0.6 is 0 Å². The molecular formula is C21H17N5O3. The maximum atomic E-state index is 12.6. The first kappa shape index (κ1) is 18.3. The molecule has 8 heteroatoms. The molecule has 0 spiro atoms. The zero-order chi connectivity index (χ0) is 20.2. The molecule has 2 heterocycles. The molecule has 4 aromatic rings. The highest BCUT2D eigenvalue weighted by molar-refractivity contribution is 6.02. The fourth-order valence-corrected chi connectivity index (χ4v) is 2.79. The van der Waals surface area contributed by atoms with Crippen LogP contribution < -0.4 is 10.9 Å². The summed E-state index contributed by atoms with van der Waals surface area (Å²) >= 11 is 0. The number of hydrogen-bond acceptors (Lipinski definition) is 6. The molecule has 0 radical (unpaired) electrons. The van der Waals surface area contributed by atoms with Crippen LogP contribution in [0.25, 0.3) is 11.4 Å². The Morgan fingerprint density at radius 3 is 2.66 bits per heavy atom. The number of anilines is 1. The lowest BCUT2D eigenvalue weighted by molar-refractivity contribution is 0.102. The van der Waals surface area contributed by atoms with Gasteiger partial charge in [0.1, 0.15) is 5.69 Å². The summed E-state index contributed by atoms with van der Waals surface area (Å²) in [5.41, 5.74) is 2.04. The Morgan fingerprint density at radius 1 is 1.07 bits per heavy atom. The van der Waals surface area contributed by atoms with Crippen molar-refractivity contribution < 1.29 is 9.32 Å². The summed E-state index contributed by atoms with van der Waals surface area (Å²) in [4.78, 5) is 28.9. The number of benzene rings is 2. The second kappa shape index (κ2) is 7.89. The van der Waals surface area contributed by atoms with Gasteiger partial charge in [-0.25, -0.2) is 4.68 Å². The van der Waals surface area contributed by atoms with Crippen LogP contribution in [0, 0.1) is 6.92 Å². The van der Waals surface area contributed by atoms with Gasteiger partial charge in [0.2, 0.25) is 11.7 Å². The molecule has 0 unspecified atom stereocenters. The highest BCUT2D eigenvalue weighted by Crippen LogP contribution is 2.20. The van der Waals surface area contributed by atoms with Crippen LogP contribution in [-0.4, -0.2) is 25.8 Å². The summed E-state index contributed by atoms with van der Waals surface area (Å²) in [5.74, 6) is 0.473. The standard InChI is InChI=1S/C21H17N5O3/c1-14-22-20(25-29-14)16-8-5-9-17(12-16)23-21(28)18-10-11-19(27)26(24-18)13-15-6-3-2-4-7-15/h2-12H,13H2,1H3,(H,23,28). The fourth-order valence-electron chi connectivity index (χ4n) is 2.79. The normalized spacial score (nSPS) is 10.7. The van der Waals surface area contributed by atoms with Crippen LogP contribution in [-0.2, 0) is 6.54 Å². The molecular weight excluding hydrogens is 370 g/mol. The molecule has 0 saturated carbocycles. The molecule has 1 amide bonds. The van der Waals surface area contributed by atoms with Gasteiger partial charge in [0.15, 0.2) is 0 Å². The van der Waals surface area contributed by atoms with Crippen LogP contribution in [0.4, 0.5) is 5.69 Å². The number of hydrogen-bond donors (Lipinski definition) is 1. The maximum Gasteiger partial charge on any atom is 0.276 e. The van der Waals surface area contributed by atoms with Crippen molar-refractivity contribution >= 4 is 11.6 Å². The average Bonchev–Trinajstić information content (AvgIpc) is 3.17. The summed E-state index contributed by atoms with van der Waals surface area (Å²) in [6.45, 7) is 1.99. The van der Waals surface area contributed by atoms with Crippen molar-refractivity contribution in [3.05, 3.63) is 94.2 Å². The summed E-state index contributed by atoms with van der Waals surface area (Å²) in [6.07, 6.45) is 0. The molecule has 0 aliphatic rings. The van der Waals surface area contributed by atoms with E-state index in [2.05, 4.69) is 20.6 Å². The SMILES string of the molecule is Cc1nc(-c2cccc(NC(=O)c3ccc(=O)n(Cc4ccccc4)n3)c2)no1. The Bertz CT molecular complexity index is 1210. The van der Waals surface area contributed by atoms with E-state index in [4.69, 9.17) is 4.52 Å². The second-order valence-corrected chi connectivity index (χ2v) is 6.37. The van der Waals surface area contributed by atoms with Gasteiger partial charge in [0.05, 0.1) is 6.54 Å². The van der Waals surface area contributed by atoms with Crippen molar-refractivity contribution in [2.45, 2.75) is 13.5 Å². The third kappa shape index (κ3) is 4.27. The molecule has 1 N–H and O–H groups in total. The van der Waals surface area contributed by atoms with E-state index in [-0.39, 0.29) is 17.8 Å². The van der Waals surface area contributed by atoms with Gasteiger partial charge in [0, 0.05) is 24.2 Å². The summed E-state index contributed by atoms with van der Waals surface area (Å²) in [5, 5.41) is 10.9. The molecule has 8 nitrogen and oxygen atoms in total. The largest absolute Gasteiger partial charge is 0.339 e. The van der Waals surface area contributed by atoms with E-state index >= 15 is 0 Å². The lowest BCUT2D eigenvalue weighted by atomic mass is 10.2. The Labute approximate surface area is 165 Å². The second-order valence-electron chi connectivity index (χ2n) is 6.37. The first-order valence-corrected chi connectivity index (χ1v) is 8.93. The van der Waals surface area contributed by atoms with E-state index in [0.29, 0.717) is 23.0 Å². The molecule has 2 aromatic heterocycles. The zero-order valence-electron chi connectivity index (χ0n) is 15.6. The number of aryl methyl sites for hydroxylation is 1. The summed E-state index contributed by atoms with van der Waals surface area (Å²) in [7, 11) is 0. The van der Waals surface area contributed by atoms with E-state index < -0.39 is 5.91 Å². The number of nitrogens with one attached hydrogen (secondary N) is 1. The smallest absolute Gasteiger partial charge is 0.276 e. The quantitative estimate of drug-likeness (QED) is 0.565. The number of carbonyl (C=O) groups excluding carboxylic acids is 1. The minimum absolute atomic E-state index is 0.140. The van der Waals surface area contributed by atoms with Crippen molar-refractivity contribution in [2.75, 3.05) is 5.32 Å². The molecule has 2 aromatic carbocycles. The monoisotopic (exact) mass is 387 g/mol. The number of aromatic nitrogens is 4. The number of rotatable bonds is 5. The summed E-state index contributed by atoms with van der Waals surface area (Å²) < 4.78 is 6.26. The Hall–Kier alpha value is -4.07. The third-order valence-electron chi connectivity index (χ3n) is 4.18. The van der Waals surface area contributed by atoms with E-state index in [0.717, 1.165) is 5.56 Å². The van der Waals surface area contributed by atoms with Gasteiger partial charge < -0.3 is 9.84 Å². The van der Waals surface area contributed by atoms with Crippen LogP contribution in [0.5, 0.6) is 0 Å². The van der Waals surface area contributed by atoms with E-state index in [1.54, 1.807) is 25.1 Å². The van der Waals surface area contributed by atoms with Gasteiger partial charge in [0.25, 0.3) is 11.5 Å². The first-order chi connectivity index (χ1) is 14.1. The molecule has 0 aliphatic carbocycles. The van der Waals surface area contributed by atoms with E-state index in [1.807, 2.05) is 36.4 Å². The van der Waals surface area contributed by atoms with Gasteiger partial charge in [-0.2, -0.15) is 10.1 Å². The van der Waals surface area contributed by atoms with Gasteiger partial charge in [-0.15, -0.1) is 0 Å². The Morgan fingerprint density at radius 2 is 1.90 bits per heavy atom. The van der Waals surface area contributed by atoms with Crippen molar-refractivity contribution in [3.63, 3.8) is 0 Å². The van der Waals surface area contributed by atoms with Crippen molar-refractivity contribution in [2.24, 2.45) is 0 Å². The molecule has 0 bridgehead atoms. The van der Waals surface area contributed by atoms with Crippen molar-refractivity contribution in [3.8, 4) is 11.4 Å². The maximum absolute atomic E-state index is 12.6. The predicted molar refractivity (Wildman–Crippen MR) is 106 cm³/mol. The number of nitrogens with zero attached hydrogens (tertiary/aromatic N) is 4. The van der Waals surface area contributed by atoms with Crippen LogP contribution in [0.2, 0.25) is 0 Å². The molecule has 144 valence electrons. The van der Waals surface area contributed by atoms with Crippen molar-refractivity contribution in [1.29, 1.82) is 0 Å². The Balaban J connectivity index is 1.54. The van der Waals surface area contributed by atoms with Crippen LogP contribution in [0.1, 0.15) is 21.9 Å². The number of carbonyl (C=O) groups is 1. The average molecular weight is 387 g/mol. The van der Waals surface area contributed by atoms with Crippen molar-refractivity contribution in [1.82, 2.24) is 19.9 Å². The van der Waals surface area contributed by atoms with Gasteiger partial charge in [-0.1, -0.05) is 47.6 Å². The van der Waals surface area contributed by atoms with E-state index in [9.17, 15) is 9.59 Å². The lowest BCUT2D eigenvalue weighted by Crippen LogP contribution is -2.26. The van der Waals surface area contributed by atoms with Gasteiger partial charge in [-0.05, 0) is 23.8 Å². The highest BCUT2D eigenvalue weighted by atomic mass is 16.5. The molecule has 0 aliphatic heterocycles. The predicted octanol–water partition coefficient (Wildman–Crippen LogP) is 2.90. The number of amides is 1. The minimum Gasteiger partial charge on any atom is -0.339 e. The molecule has 0 atom stereocenters. The van der Waals surface area contributed by atoms with Crippen LogP contribution in [0.15, 0.2) is 76.0 Å². The molecule has 29 heavy (non-hydrogen) atoms. The van der Waals surface area contributed by atoms with Crippen LogP contribution in [0.3, 0.4) is 0 Å².